The Kier molecular flexibility index (Phi) is 14.5. The number of hydrogen-bond donors (Lipinski definition) is 2. The second-order valence-corrected chi connectivity index (χ2v) is 15.0. The summed E-state index contributed by atoms with van der Waals surface area (Å²) in [7, 11) is 5.16. The van der Waals surface area contributed by atoms with E-state index in [0.717, 1.165) is 6.92 Å². The van der Waals surface area contributed by atoms with E-state index in [1.54, 1.807) is 25.7 Å². The lowest BCUT2D eigenvalue weighted by Gasteiger charge is -2.45. The summed E-state index contributed by atoms with van der Waals surface area (Å²) in [5, 5.41) is 18.4. The van der Waals surface area contributed by atoms with Crippen molar-refractivity contribution in [1.29, 1.82) is 0 Å². The molecule has 0 aromatic rings. The number of ether oxygens (including phenoxy) is 5. The fourth-order valence-electron chi connectivity index (χ4n) is 7.65. The molecule has 0 aromatic carbocycles. The zero-order valence-electron chi connectivity index (χ0n) is 31.4. The number of fused-ring (bicyclic) bond motifs is 1. The molecule has 12 atom stereocenters. The predicted octanol–water partition coefficient (Wildman–Crippen LogP) is 3.90. The van der Waals surface area contributed by atoms with Crippen LogP contribution in [0, 0.1) is 5.92 Å². The first-order valence-corrected chi connectivity index (χ1v) is 17.7. The predicted molar refractivity (Wildman–Crippen MR) is 182 cm³/mol. The van der Waals surface area contributed by atoms with Gasteiger partial charge in [0.2, 0.25) is 0 Å². The molecular weight excluding hydrogens is 655 g/mol. The van der Waals surface area contributed by atoms with Crippen molar-refractivity contribution in [2.75, 3.05) is 40.8 Å². The Balaban J connectivity index is 2.02. The molecule has 3 saturated heterocycles. The second-order valence-electron chi connectivity index (χ2n) is 15.0. The van der Waals surface area contributed by atoms with E-state index < -0.39 is 77.8 Å². The van der Waals surface area contributed by atoms with Crippen LogP contribution in [0.1, 0.15) is 87.0 Å². The molecule has 1 unspecified atom stereocenters. The summed E-state index contributed by atoms with van der Waals surface area (Å²) in [6.07, 6.45) is -3.79. The first kappa shape index (κ1) is 41.8. The normalized spacial score (nSPS) is 40.7. The van der Waals surface area contributed by atoms with Gasteiger partial charge >= 0.3 is 12.1 Å². The molecule has 15 nitrogen and oxygen atoms in total. The zero-order chi connectivity index (χ0) is 37.6. The minimum Gasteiger partial charge on any atom is -0.455 e. The van der Waals surface area contributed by atoms with E-state index in [1.807, 2.05) is 39.8 Å². The number of ketones is 1. The SMILES string of the molecule is CC[C@H]1OC(=O)[C@](C)(F)C(=O)C[C@@H](O[C@@H]2O[C@H](C)CC(N(C)C)[C@H]2O)[C@](C)(OC)C[C@@H](C)CN[C@H](C)[C@H]2N(CCCCN=[N+]=[N-])C(=O)O[C@]12C. The van der Waals surface area contributed by atoms with E-state index in [2.05, 4.69) is 15.3 Å². The first-order chi connectivity index (χ1) is 23.4. The number of carbonyl (C=O) groups excluding carboxylic acids is 3. The molecular formula is C34H59FN6O9. The fourth-order valence-corrected chi connectivity index (χ4v) is 7.65. The largest absolute Gasteiger partial charge is 0.455 e. The number of aliphatic hydroxyl groups excluding tert-OH is 1. The van der Waals surface area contributed by atoms with Crippen LogP contribution in [0.2, 0.25) is 0 Å². The van der Waals surface area contributed by atoms with Crippen LogP contribution in [0.5, 0.6) is 0 Å². The van der Waals surface area contributed by atoms with Gasteiger partial charge in [0.05, 0.1) is 23.9 Å². The van der Waals surface area contributed by atoms with Gasteiger partial charge < -0.3 is 39.0 Å². The summed E-state index contributed by atoms with van der Waals surface area (Å²) < 4.78 is 46.7. The second kappa shape index (κ2) is 17.3. The maximum absolute atomic E-state index is 16.5. The third kappa shape index (κ3) is 9.25. The highest BCUT2D eigenvalue weighted by Crippen LogP contribution is 2.40. The number of aliphatic hydroxyl groups is 1. The number of unbranched alkanes of at least 4 members (excludes halogenated alkanes) is 1. The maximum atomic E-state index is 16.5. The molecule has 3 fully saturated rings. The molecule has 2 N–H and O–H groups in total. The topological polar surface area (TPSA) is 185 Å². The van der Waals surface area contributed by atoms with Gasteiger partial charge in [-0.15, -0.1) is 0 Å². The molecule has 0 aliphatic carbocycles. The summed E-state index contributed by atoms with van der Waals surface area (Å²) in [5.41, 5.74) is 2.94. The molecule has 0 bridgehead atoms. The van der Waals surface area contributed by atoms with Crippen LogP contribution in [0.3, 0.4) is 0 Å². The average Bonchev–Trinajstić information content (AvgIpc) is 3.31. The number of Topliss-reactive ketones (excluding diaryl/α,β-unsaturated/α-hetero) is 1. The van der Waals surface area contributed by atoms with Gasteiger partial charge in [-0.25, -0.2) is 14.0 Å². The first-order valence-electron chi connectivity index (χ1n) is 17.7. The van der Waals surface area contributed by atoms with Gasteiger partial charge in [-0.05, 0) is 98.8 Å². The van der Waals surface area contributed by atoms with Gasteiger partial charge in [-0.1, -0.05) is 19.0 Å². The molecule has 3 aliphatic rings. The van der Waals surface area contributed by atoms with Crippen LogP contribution in [-0.2, 0) is 33.3 Å². The number of halogens is 1. The summed E-state index contributed by atoms with van der Waals surface area (Å²) in [6, 6.07) is -1.33. The maximum Gasteiger partial charge on any atom is 0.410 e. The van der Waals surface area contributed by atoms with Crippen molar-refractivity contribution in [3.63, 3.8) is 0 Å². The number of carbonyl (C=O) groups is 3. The molecule has 3 heterocycles. The van der Waals surface area contributed by atoms with E-state index in [-0.39, 0.29) is 37.6 Å². The molecule has 0 aromatic heterocycles. The molecule has 3 aliphatic heterocycles. The van der Waals surface area contributed by atoms with Crippen LogP contribution in [0.25, 0.3) is 10.4 Å². The molecule has 1 amide bonds. The molecule has 0 spiro atoms. The number of nitrogens with zero attached hydrogens (tertiary/aromatic N) is 5. The van der Waals surface area contributed by atoms with E-state index in [9.17, 15) is 19.5 Å². The third-order valence-electron chi connectivity index (χ3n) is 10.7. The lowest BCUT2D eigenvalue weighted by atomic mass is 9.83. The number of cyclic esters (lactones) is 1. The number of amides is 1. The summed E-state index contributed by atoms with van der Waals surface area (Å²) in [4.78, 5) is 47.1. The standard InChI is InChI=1S/C34H59FN6O9/c1-11-25-34(7)28(41(31(45)50-34)15-13-12-14-38-39-36)22(4)37-19-20(2)18-32(5,46-10)26(17-24(42)33(6,35)30(44)49-25)48-29-27(43)23(40(8)9)16-21(3)47-29/h20-23,25-29,37,43H,11-19H2,1-10H3/t20-,21-,22-,23?,25-,26-,27-,28-,29+,32-,33-,34-/m1/s1. The van der Waals surface area contributed by atoms with Gasteiger partial charge in [-0.3, -0.25) is 9.69 Å². The van der Waals surface area contributed by atoms with Gasteiger partial charge in [0.1, 0.15) is 12.2 Å². The lowest BCUT2D eigenvalue weighted by Crippen LogP contribution is -2.61. The number of methoxy groups -OCH3 is 1. The minimum atomic E-state index is -3.10. The van der Waals surface area contributed by atoms with Gasteiger partial charge in [0, 0.05) is 43.6 Å². The Hall–Kier alpha value is -2.59. The van der Waals surface area contributed by atoms with Gasteiger partial charge in [0.15, 0.2) is 17.7 Å². The molecule has 0 radical (unpaired) electrons. The van der Waals surface area contributed by atoms with Gasteiger partial charge in [-0.2, -0.15) is 0 Å². The van der Waals surface area contributed by atoms with Crippen LogP contribution < -0.4 is 5.32 Å². The number of alkyl halides is 1. The Labute approximate surface area is 295 Å². The minimum absolute atomic E-state index is 0.0995. The molecule has 3 rings (SSSR count). The zero-order valence-corrected chi connectivity index (χ0v) is 31.4. The van der Waals surface area contributed by atoms with E-state index >= 15 is 4.39 Å². The Morgan fingerprint density at radius 3 is 2.46 bits per heavy atom. The van der Waals surface area contributed by atoms with Crippen molar-refractivity contribution in [3.05, 3.63) is 10.4 Å². The molecule has 286 valence electrons. The molecule has 16 heteroatoms. The summed E-state index contributed by atoms with van der Waals surface area (Å²) in [5.74, 6) is -2.60. The quantitative estimate of drug-likeness (QED) is 0.0835. The van der Waals surface area contributed by atoms with Crippen LogP contribution >= 0.6 is 0 Å². The van der Waals surface area contributed by atoms with E-state index in [1.165, 1.54) is 7.11 Å². The summed E-state index contributed by atoms with van der Waals surface area (Å²) >= 11 is 0. The van der Waals surface area contributed by atoms with Gasteiger partial charge in [0.25, 0.3) is 5.67 Å². The number of likely N-dealkylation sites (N-methyl/N-ethyl adjacent to an activating group) is 1. The van der Waals surface area contributed by atoms with Crippen molar-refractivity contribution in [2.24, 2.45) is 11.0 Å². The number of rotatable bonds is 10. The monoisotopic (exact) mass is 714 g/mol. The van der Waals surface area contributed by atoms with Crippen LogP contribution in [0.15, 0.2) is 5.11 Å². The Bertz CT molecular complexity index is 1240. The van der Waals surface area contributed by atoms with Crippen molar-refractivity contribution < 1.29 is 47.6 Å². The molecule has 0 saturated carbocycles. The molecule has 50 heavy (non-hydrogen) atoms. The smallest absolute Gasteiger partial charge is 0.410 e. The number of hydrogen-bond acceptors (Lipinski definition) is 12. The number of nitrogens with one attached hydrogen (secondary N) is 1. The lowest BCUT2D eigenvalue weighted by molar-refractivity contribution is -0.289. The highest BCUT2D eigenvalue weighted by atomic mass is 19.1. The Morgan fingerprint density at radius 2 is 1.86 bits per heavy atom. The number of esters is 1. The highest BCUT2D eigenvalue weighted by molar-refractivity contribution is 6.07. The Morgan fingerprint density at radius 1 is 1.18 bits per heavy atom. The fraction of sp³-hybridized carbons (Fsp3) is 0.912. The highest BCUT2D eigenvalue weighted by Gasteiger charge is 2.59. The van der Waals surface area contributed by atoms with E-state index in [4.69, 9.17) is 29.2 Å². The third-order valence-corrected chi connectivity index (χ3v) is 10.7. The summed E-state index contributed by atoms with van der Waals surface area (Å²) in [6.45, 7) is 12.8. The van der Waals surface area contributed by atoms with Crippen molar-refractivity contribution in [1.82, 2.24) is 15.1 Å². The van der Waals surface area contributed by atoms with Crippen molar-refractivity contribution in [3.8, 4) is 0 Å². The van der Waals surface area contributed by atoms with Crippen molar-refractivity contribution in [2.45, 2.75) is 153 Å². The number of azide groups is 1. The van der Waals surface area contributed by atoms with Crippen LogP contribution in [-0.4, -0.2) is 139 Å². The van der Waals surface area contributed by atoms with E-state index in [0.29, 0.717) is 32.2 Å². The average molecular weight is 715 g/mol. The van der Waals surface area contributed by atoms with Crippen molar-refractivity contribution >= 4 is 17.8 Å². The van der Waals surface area contributed by atoms with Crippen LogP contribution in [0.4, 0.5) is 9.18 Å².